The third-order valence-electron chi connectivity index (χ3n) is 5.36. The van der Waals surface area contributed by atoms with E-state index in [-0.39, 0.29) is 0 Å². The molecule has 0 amide bonds. The van der Waals surface area contributed by atoms with E-state index in [4.69, 9.17) is 0 Å². The molecule has 0 aliphatic carbocycles. The summed E-state index contributed by atoms with van der Waals surface area (Å²) in [6, 6.07) is 39.9. The van der Waals surface area contributed by atoms with Crippen molar-refractivity contribution >= 4 is 32.6 Å². The minimum atomic E-state index is 0.853. The van der Waals surface area contributed by atoms with Gasteiger partial charge in [0.2, 0.25) is 0 Å². The summed E-state index contributed by atoms with van der Waals surface area (Å²) < 4.78 is 2.23. The van der Waals surface area contributed by atoms with Gasteiger partial charge < -0.3 is 4.57 Å². The van der Waals surface area contributed by atoms with Crippen LogP contribution in [0.4, 0.5) is 0 Å². The molecule has 0 atom stereocenters. The molecule has 0 saturated carbocycles. The van der Waals surface area contributed by atoms with Crippen LogP contribution in [0.3, 0.4) is 0 Å². The van der Waals surface area contributed by atoms with Gasteiger partial charge in [0, 0.05) is 11.9 Å². The van der Waals surface area contributed by atoms with Crippen LogP contribution in [0.1, 0.15) is 5.56 Å². The van der Waals surface area contributed by atoms with Crippen molar-refractivity contribution < 1.29 is 0 Å². The first-order valence-electron chi connectivity index (χ1n) is 10.2. The predicted octanol–water partition coefficient (Wildman–Crippen LogP) is 7.08. The summed E-state index contributed by atoms with van der Waals surface area (Å²) in [5, 5.41) is 5.14. The molecule has 2 nitrogen and oxygen atoms in total. The van der Waals surface area contributed by atoms with Crippen LogP contribution in [-0.4, -0.2) is 9.55 Å². The van der Waals surface area contributed by atoms with Crippen LogP contribution >= 0.6 is 0 Å². The average molecular weight is 386 g/mol. The molecular weight excluding hydrogens is 364 g/mol. The van der Waals surface area contributed by atoms with Gasteiger partial charge in [-0.15, -0.1) is 0 Å². The van der Waals surface area contributed by atoms with Gasteiger partial charge in [-0.25, -0.2) is 4.98 Å². The van der Waals surface area contributed by atoms with Crippen molar-refractivity contribution in [2.24, 2.45) is 0 Å². The molecule has 0 spiro atoms. The number of fused-ring (bicyclic) bond motifs is 4. The molecule has 6 aromatic rings. The van der Waals surface area contributed by atoms with Crippen molar-refractivity contribution in [3.8, 4) is 0 Å². The number of aromatic nitrogens is 2. The Labute approximate surface area is 176 Å². The molecule has 0 N–H and O–H groups in total. The van der Waals surface area contributed by atoms with Gasteiger partial charge in [-0.3, -0.25) is 0 Å². The molecule has 0 unspecified atom stereocenters. The molecule has 0 saturated heterocycles. The average Bonchev–Trinajstić information content (AvgIpc) is 3.23. The summed E-state index contributed by atoms with van der Waals surface area (Å²) in [6.45, 7) is 0.853. The van der Waals surface area contributed by atoms with E-state index in [1.54, 1.807) is 0 Å². The number of rotatable bonds is 2. The Morgan fingerprint density at radius 2 is 1.10 bits per heavy atom. The summed E-state index contributed by atoms with van der Waals surface area (Å²) in [5.41, 5.74) is 3.56. The van der Waals surface area contributed by atoms with Crippen LogP contribution < -0.4 is 0 Å². The van der Waals surface area contributed by atoms with Gasteiger partial charge in [-0.05, 0) is 27.8 Å². The standard InChI is InChI=1S/C18H14N2.C10H8/c1-2-6-14(7-3-1)12-20-13-19-17-11-10-15-8-4-5-9-16(15)18(17)20;1-2-6-10-8-4-3-7-9(10)5-1/h1-11,13H,12H2;1-8H. The van der Waals surface area contributed by atoms with Gasteiger partial charge in [0.05, 0.1) is 17.4 Å². The Morgan fingerprint density at radius 3 is 1.77 bits per heavy atom. The Kier molecular flexibility index (Phi) is 4.97. The molecule has 6 rings (SSSR count). The topological polar surface area (TPSA) is 17.8 Å². The van der Waals surface area contributed by atoms with Crippen molar-refractivity contribution in [2.75, 3.05) is 0 Å². The van der Waals surface area contributed by atoms with Crippen LogP contribution in [0.5, 0.6) is 0 Å². The maximum atomic E-state index is 4.53. The van der Waals surface area contributed by atoms with Crippen molar-refractivity contribution in [2.45, 2.75) is 6.54 Å². The summed E-state index contributed by atoms with van der Waals surface area (Å²) in [4.78, 5) is 4.53. The monoisotopic (exact) mass is 386 g/mol. The van der Waals surface area contributed by atoms with Gasteiger partial charge in [0.1, 0.15) is 0 Å². The lowest BCUT2D eigenvalue weighted by Crippen LogP contribution is -1.97. The SMILES string of the molecule is c1ccc(Cn2cnc3ccc4ccccc4c32)cc1.c1ccc2ccccc2c1. The van der Waals surface area contributed by atoms with Crippen LogP contribution in [0.2, 0.25) is 0 Å². The van der Waals surface area contributed by atoms with E-state index in [2.05, 4.69) is 119 Å². The van der Waals surface area contributed by atoms with Crippen molar-refractivity contribution in [3.63, 3.8) is 0 Å². The Morgan fingerprint density at radius 1 is 0.533 bits per heavy atom. The molecule has 0 bridgehead atoms. The highest BCUT2D eigenvalue weighted by Gasteiger charge is 2.07. The van der Waals surface area contributed by atoms with Crippen LogP contribution in [0.25, 0.3) is 32.6 Å². The second-order valence-electron chi connectivity index (χ2n) is 7.36. The summed E-state index contributed by atoms with van der Waals surface area (Å²) in [5.74, 6) is 0. The molecule has 144 valence electrons. The van der Waals surface area contributed by atoms with Crippen molar-refractivity contribution in [3.05, 3.63) is 127 Å². The first-order valence-corrected chi connectivity index (χ1v) is 10.2. The van der Waals surface area contributed by atoms with Crippen LogP contribution in [-0.2, 0) is 6.54 Å². The molecule has 1 aromatic heterocycles. The summed E-state index contributed by atoms with van der Waals surface area (Å²) in [6.07, 6.45) is 1.93. The number of nitrogens with zero attached hydrogens (tertiary/aromatic N) is 2. The van der Waals surface area contributed by atoms with E-state index in [9.17, 15) is 0 Å². The third-order valence-corrected chi connectivity index (χ3v) is 5.36. The maximum Gasteiger partial charge on any atom is 0.0961 e. The quantitative estimate of drug-likeness (QED) is 0.311. The molecule has 0 aliphatic rings. The summed E-state index contributed by atoms with van der Waals surface area (Å²) >= 11 is 0. The van der Waals surface area contributed by atoms with Crippen LogP contribution in [0.15, 0.2) is 122 Å². The second-order valence-corrected chi connectivity index (χ2v) is 7.36. The molecule has 5 aromatic carbocycles. The van der Waals surface area contributed by atoms with Gasteiger partial charge in [0.15, 0.2) is 0 Å². The highest BCUT2D eigenvalue weighted by Crippen LogP contribution is 2.25. The molecule has 0 aliphatic heterocycles. The highest BCUT2D eigenvalue weighted by atomic mass is 15.0. The van der Waals surface area contributed by atoms with Gasteiger partial charge >= 0.3 is 0 Å². The van der Waals surface area contributed by atoms with Crippen molar-refractivity contribution in [1.82, 2.24) is 9.55 Å². The van der Waals surface area contributed by atoms with Crippen LogP contribution in [0, 0.1) is 0 Å². The number of imidazole rings is 1. The Balaban J connectivity index is 0.000000161. The minimum Gasteiger partial charge on any atom is -0.326 e. The fourth-order valence-electron chi connectivity index (χ4n) is 3.87. The van der Waals surface area contributed by atoms with E-state index in [1.807, 2.05) is 12.4 Å². The molecule has 1 heterocycles. The number of hydrogen-bond donors (Lipinski definition) is 0. The lowest BCUT2D eigenvalue weighted by molar-refractivity contribution is 0.827. The molecule has 0 fully saturated rings. The lowest BCUT2D eigenvalue weighted by atomic mass is 10.1. The maximum absolute atomic E-state index is 4.53. The number of hydrogen-bond acceptors (Lipinski definition) is 1. The highest BCUT2D eigenvalue weighted by molar-refractivity contribution is 6.04. The van der Waals surface area contributed by atoms with E-state index in [0.717, 1.165) is 12.1 Å². The molecule has 0 radical (unpaired) electrons. The van der Waals surface area contributed by atoms with E-state index in [1.165, 1.54) is 32.6 Å². The van der Waals surface area contributed by atoms with Gasteiger partial charge in [-0.2, -0.15) is 0 Å². The molecule has 2 heteroatoms. The lowest BCUT2D eigenvalue weighted by Gasteiger charge is -2.07. The number of benzene rings is 5. The fraction of sp³-hybridized carbons (Fsp3) is 0.0357. The van der Waals surface area contributed by atoms with Gasteiger partial charge in [0.25, 0.3) is 0 Å². The van der Waals surface area contributed by atoms with Crippen molar-refractivity contribution in [1.29, 1.82) is 0 Å². The fourth-order valence-corrected chi connectivity index (χ4v) is 3.87. The van der Waals surface area contributed by atoms with E-state index in [0.29, 0.717) is 0 Å². The first-order chi connectivity index (χ1) is 14.9. The normalized spacial score (nSPS) is 10.8. The largest absolute Gasteiger partial charge is 0.326 e. The Bertz CT molecular complexity index is 1350. The third kappa shape index (κ3) is 3.68. The minimum absolute atomic E-state index is 0.853. The zero-order valence-electron chi connectivity index (χ0n) is 16.6. The smallest absolute Gasteiger partial charge is 0.0961 e. The first kappa shape index (κ1) is 18.1. The summed E-state index contributed by atoms with van der Waals surface area (Å²) in [7, 11) is 0. The predicted molar refractivity (Wildman–Crippen MR) is 127 cm³/mol. The zero-order valence-corrected chi connectivity index (χ0v) is 16.6. The second kappa shape index (κ2) is 8.22. The van der Waals surface area contributed by atoms with E-state index >= 15 is 0 Å². The van der Waals surface area contributed by atoms with Gasteiger partial charge in [-0.1, -0.05) is 109 Å². The van der Waals surface area contributed by atoms with E-state index < -0.39 is 0 Å². The molecular formula is C28H22N2. The Hall–Kier alpha value is -3.91. The zero-order chi connectivity index (χ0) is 20.2. The molecule has 30 heavy (non-hydrogen) atoms.